The van der Waals surface area contributed by atoms with Crippen LogP contribution in [0.1, 0.15) is 33.1 Å². The van der Waals surface area contributed by atoms with Crippen molar-refractivity contribution < 1.29 is 19.4 Å². The largest absolute Gasteiger partial charge is 0.480 e. The van der Waals surface area contributed by atoms with Crippen molar-refractivity contribution in [2.24, 2.45) is 0 Å². The van der Waals surface area contributed by atoms with Crippen molar-refractivity contribution in [3.05, 3.63) is 0 Å². The average Bonchev–Trinajstić information content (AvgIpc) is 2.24. The van der Waals surface area contributed by atoms with Gasteiger partial charge in [-0.2, -0.15) is 0 Å². The summed E-state index contributed by atoms with van der Waals surface area (Å²) in [5, 5.41) is 7.31. The summed E-state index contributed by atoms with van der Waals surface area (Å²) < 4.78 is 4.86. The molecule has 2 unspecified atom stereocenters. The highest BCUT2D eigenvalue weighted by Gasteiger charge is 2.47. The van der Waals surface area contributed by atoms with Gasteiger partial charge in [0.05, 0.1) is 6.61 Å². The normalized spacial score (nSPS) is 16.2. The minimum Gasteiger partial charge on any atom is -0.480 e. The molecule has 2 atom stereocenters. The monoisotopic (exact) mass is 270 g/mol. The maximum atomic E-state index is 11.7. The summed E-state index contributed by atoms with van der Waals surface area (Å²) in [4.78, 5) is 20.7. The van der Waals surface area contributed by atoms with E-state index in [1.807, 2.05) is 6.92 Å². The number of rotatable bonds is 7. The van der Waals surface area contributed by atoms with Gasteiger partial charge >= 0.3 is 11.9 Å². The predicted molar refractivity (Wildman–Crippen MR) is 62.0 cm³/mol. The fraction of sp³-hybridized carbons (Fsp3) is 0.800. The number of hydrogen-bond donors (Lipinski definition) is 1. The van der Waals surface area contributed by atoms with Crippen LogP contribution in [0.5, 0.6) is 0 Å². The predicted octanol–water partition coefficient (Wildman–Crippen LogP) is 2.41. The number of aliphatic carboxylic acids is 1. The number of ether oxygens (including phenoxy) is 1. The highest BCUT2D eigenvalue weighted by atomic mass is 35.5. The Morgan fingerprint density at radius 2 is 1.94 bits per heavy atom. The number of alkyl halides is 2. The van der Waals surface area contributed by atoms with Crippen LogP contribution in [-0.2, 0) is 14.3 Å². The second-order valence-corrected chi connectivity index (χ2v) is 4.56. The van der Waals surface area contributed by atoms with Crippen LogP contribution in [0.15, 0.2) is 0 Å². The van der Waals surface area contributed by atoms with E-state index in [1.165, 1.54) is 0 Å². The Labute approximate surface area is 105 Å². The molecule has 0 aliphatic carbocycles. The van der Waals surface area contributed by atoms with E-state index >= 15 is 0 Å². The minimum absolute atomic E-state index is 0.164. The summed E-state index contributed by atoms with van der Waals surface area (Å²) in [6.45, 7) is 3.83. The first-order chi connectivity index (χ1) is 7.40. The molecule has 0 heterocycles. The second kappa shape index (κ2) is 6.97. The number of esters is 1. The van der Waals surface area contributed by atoms with Gasteiger partial charge in [-0.3, -0.25) is 9.59 Å². The summed E-state index contributed by atoms with van der Waals surface area (Å²) in [5.74, 6) is -2.08. The molecule has 1 N–H and O–H groups in total. The van der Waals surface area contributed by atoms with E-state index in [9.17, 15) is 9.59 Å². The van der Waals surface area contributed by atoms with E-state index in [4.69, 9.17) is 33.0 Å². The van der Waals surface area contributed by atoms with Crippen molar-refractivity contribution in [3.63, 3.8) is 0 Å². The number of carbonyl (C=O) groups is 2. The van der Waals surface area contributed by atoms with Gasteiger partial charge in [0.25, 0.3) is 0 Å². The molecule has 0 aromatic heterocycles. The van der Waals surface area contributed by atoms with Crippen molar-refractivity contribution in [3.8, 4) is 0 Å². The molecule has 0 saturated carbocycles. The molecule has 0 radical (unpaired) electrons. The Bertz CT molecular complexity index is 257. The average molecular weight is 271 g/mol. The summed E-state index contributed by atoms with van der Waals surface area (Å²) in [5.41, 5.74) is 0. The first-order valence-corrected chi connectivity index (χ1v) is 5.94. The van der Waals surface area contributed by atoms with Gasteiger partial charge in [0.2, 0.25) is 0 Å². The van der Waals surface area contributed by atoms with Gasteiger partial charge in [-0.25, -0.2) is 0 Å². The van der Waals surface area contributed by atoms with Crippen LogP contribution >= 0.6 is 23.2 Å². The van der Waals surface area contributed by atoms with Gasteiger partial charge in [0.1, 0.15) is 0 Å². The van der Waals surface area contributed by atoms with Crippen LogP contribution in [0.3, 0.4) is 0 Å². The Morgan fingerprint density at radius 1 is 1.38 bits per heavy atom. The Balaban J connectivity index is 4.79. The molecule has 0 spiro atoms. The van der Waals surface area contributed by atoms with Gasteiger partial charge in [-0.05, 0) is 12.8 Å². The summed E-state index contributed by atoms with van der Waals surface area (Å²) in [6, 6.07) is 0. The maximum absolute atomic E-state index is 11.7. The van der Waals surface area contributed by atoms with E-state index in [0.29, 0.717) is 12.8 Å². The smallest absolute Gasteiger partial charge is 0.329 e. The number of halogens is 2. The summed E-state index contributed by atoms with van der Waals surface area (Å²) in [7, 11) is 0. The molecule has 0 fully saturated rings. The third-order valence-electron chi connectivity index (χ3n) is 2.01. The molecule has 94 valence electrons. The first kappa shape index (κ1) is 15.5. The van der Waals surface area contributed by atoms with Crippen molar-refractivity contribution in [1.82, 2.24) is 0 Å². The van der Waals surface area contributed by atoms with Crippen LogP contribution in [-0.4, -0.2) is 33.9 Å². The van der Waals surface area contributed by atoms with E-state index in [1.54, 1.807) is 6.92 Å². The molecule has 16 heavy (non-hydrogen) atoms. The van der Waals surface area contributed by atoms with E-state index < -0.39 is 22.2 Å². The lowest BCUT2D eigenvalue weighted by atomic mass is 9.98. The van der Waals surface area contributed by atoms with Gasteiger partial charge < -0.3 is 9.84 Å². The molecule has 0 aromatic carbocycles. The zero-order chi connectivity index (χ0) is 12.8. The molecular weight excluding hydrogens is 255 g/mol. The van der Waals surface area contributed by atoms with E-state index in [0.717, 1.165) is 0 Å². The third kappa shape index (κ3) is 3.83. The molecule has 6 heteroatoms. The van der Waals surface area contributed by atoms with Crippen LogP contribution < -0.4 is 0 Å². The van der Waals surface area contributed by atoms with Crippen molar-refractivity contribution >= 4 is 35.1 Å². The van der Waals surface area contributed by atoms with E-state index in [-0.39, 0.29) is 13.0 Å². The zero-order valence-corrected chi connectivity index (χ0v) is 10.8. The lowest BCUT2D eigenvalue weighted by Crippen LogP contribution is -2.46. The second-order valence-electron chi connectivity index (χ2n) is 3.45. The number of hydrogen-bond acceptors (Lipinski definition) is 3. The van der Waals surface area contributed by atoms with Crippen molar-refractivity contribution in [2.45, 2.75) is 43.4 Å². The summed E-state index contributed by atoms with van der Waals surface area (Å²) in [6.07, 6.45) is 1.35. The number of carboxylic acids is 1. The molecular formula is C10H16Cl2O4. The Kier molecular flexibility index (Phi) is 6.76. The van der Waals surface area contributed by atoms with Gasteiger partial charge in [0.15, 0.2) is 10.3 Å². The lowest BCUT2D eigenvalue weighted by Gasteiger charge is -2.26. The maximum Gasteiger partial charge on any atom is 0.329 e. The zero-order valence-electron chi connectivity index (χ0n) is 9.33. The van der Waals surface area contributed by atoms with Crippen LogP contribution in [0, 0.1) is 0 Å². The van der Waals surface area contributed by atoms with Crippen molar-refractivity contribution in [1.29, 1.82) is 0 Å². The fourth-order valence-corrected chi connectivity index (χ4v) is 1.74. The molecule has 0 aliphatic heterocycles. The highest BCUT2D eigenvalue weighted by Crippen LogP contribution is 2.31. The standard InChI is InChI=1S/C10H16Cl2O4/c1-3-5-10(12,7(11)8(13)14)9(15)16-6-4-2/h7H,3-6H2,1-2H3,(H,13,14). The third-order valence-corrected chi connectivity index (χ3v) is 3.24. The van der Waals surface area contributed by atoms with Crippen molar-refractivity contribution in [2.75, 3.05) is 6.61 Å². The molecule has 0 saturated heterocycles. The number of carboxylic acid groups (broad SMARTS) is 1. The van der Waals surface area contributed by atoms with Crippen LogP contribution in [0.4, 0.5) is 0 Å². The Hall–Kier alpha value is -0.480. The minimum atomic E-state index is -1.68. The summed E-state index contributed by atoms with van der Waals surface area (Å²) >= 11 is 11.6. The molecule has 0 aliphatic rings. The number of carbonyl (C=O) groups excluding carboxylic acids is 1. The molecule has 4 nitrogen and oxygen atoms in total. The van der Waals surface area contributed by atoms with Gasteiger partial charge in [-0.1, -0.05) is 20.3 Å². The van der Waals surface area contributed by atoms with E-state index in [2.05, 4.69) is 0 Å². The fourth-order valence-electron chi connectivity index (χ4n) is 1.21. The quantitative estimate of drug-likeness (QED) is 0.570. The lowest BCUT2D eigenvalue weighted by molar-refractivity contribution is -0.151. The van der Waals surface area contributed by atoms with Gasteiger partial charge in [-0.15, -0.1) is 23.2 Å². The highest BCUT2D eigenvalue weighted by molar-refractivity contribution is 6.44. The topological polar surface area (TPSA) is 63.6 Å². The SMILES string of the molecule is CCCOC(=O)C(Cl)(CCC)C(Cl)C(=O)O. The molecule has 0 rings (SSSR count). The first-order valence-electron chi connectivity index (χ1n) is 5.13. The van der Waals surface area contributed by atoms with Crippen LogP contribution in [0.2, 0.25) is 0 Å². The van der Waals surface area contributed by atoms with Gasteiger partial charge in [0, 0.05) is 0 Å². The van der Waals surface area contributed by atoms with Crippen LogP contribution in [0.25, 0.3) is 0 Å². The molecule has 0 amide bonds. The molecule has 0 aromatic rings. The molecule has 0 bridgehead atoms. The Morgan fingerprint density at radius 3 is 2.31 bits per heavy atom.